The van der Waals surface area contributed by atoms with E-state index in [1.165, 1.54) is 18.9 Å². The van der Waals surface area contributed by atoms with Gasteiger partial charge >= 0.3 is 0 Å². The van der Waals surface area contributed by atoms with Crippen molar-refractivity contribution in [2.24, 2.45) is 11.3 Å². The van der Waals surface area contributed by atoms with Gasteiger partial charge in [-0.3, -0.25) is 9.59 Å². The van der Waals surface area contributed by atoms with Crippen molar-refractivity contribution in [1.82, 2.24) is 10.2 Å². The number of piperidine rings is 1. The maximum Gasteiger partial charge on any atom is 0.226 e. The van der Waals surface area contributed by atoms with Gasteiger partial charge in [0, 0.05) is 30.6 Å². The van der Waals surface area contributed by atoms with Gasteiger partial charge < -0.3 is 10.2 Å². The first-order valence-corrected chi connectivity index (χ1v) is 10.1. The van der Waals surface area contributed by atoms with E-state index in [-0.39, 0.29) is 29.5 Å². The Kier molecular flexibility index (Phi) is 5.02. The van der Waals surface area contributed by atoms with Crippen LogP contribution in [0.4, 0.5) is 4.39 Å². The van der Waals surface area contributed by atoms with E-state index in [0.29, 0.717) is 24.4 Å². The van der Waals surface area contributed by atoms with Gasteiger partial charge in [-0.15, -0.1) is 0 Å². The molecule has 0 bridgehead atoms. The molecule has 2 fully saturated rings. The quantitative estimate of drug-likeness (QED) is 0.832. The number of hydrogen-bond donors (Lipinski definition) is 1. The maximum absolute atomic E-state index is 13.8. The van der Waals surface area contributed by atoms with Crippen molar-refractivity contribution in [3.8, 4) is 0 Å². The normalized spacial score (nSPS) is 25.0. The van der Waals surface area contributed by atoms with Crippen LogP contribution in [0, 0.1) is 17.2 Å². The lowest BCUT2D eigenvalue weighted by molar-refractivity contribution is -0.134. The van der Waals surface area contributed by atoms with E-state index < -0.39 is 0 Å². The van der Waals surface area contributed by atoms with E-state index in [4.69, 9.17) is 0 Å². The zero-order valence-corrected chi connectivity index (χ0v) is 15.7. The third-order valence-electron chi connectivity index (χ3n) is 6.22. The Bertz CT molecular complexity index is 771. The molecule has 1 saturated heterocycles. The summed E-state index contributed by atoms with van der Waals surface area (Å²) in [5, 5.41) is 3.04. The van der Waals surface area contributed by atoms with Gasteiger partial charge in [0.25, 0.3) is 0 Å². The molecule has 2 amide bonds. The van der Waals surface area contributed by atoms with Crippen molar-refractivity contribution in [3.63, 3.8) is 0 Å². The Morgan fingerprint density at radius 1 is 1.26 bits per heavy atom. The number of amides is 2. The molecule has 4 nitrogen and oxygen atoms in total. The van der Waals surface area contributed by atoms with Crippen molar-refractivity contribution in [2.75, 3.05) is 13.1 Å². The maximum atomic E-state index is 13.8. The highest BCUT2D eigenvalue weighted by molar-refractivity contribution is 5.81. The average Bonchev–Trinajstić information content (AvgIpc) is 3.49. The molecule has 27 heavy (non-hydrogen) atoms. The number of halogens is 1. The standard InChI is InChI=1S/C22H27FN2O2/c23-18-6-2-1-5-17(18)13-20(26)24-15-22-11-4-3-7-19(22)25(14-16-8-9-16)21(27)10-12-22/h1-2,5-7,16H,3-4,8-15H2,(H,24,26). The summed E-state index contributed by atoms with van der Waals surface area (Å²) in [5.74, 6) is 0.361. The van der Waals surface area contributed by atoms with Crippen molar-refractivity contribution < 1.29 is 14.0 Å². The van der Waals surface area contributed by atoms with Gasteiger partial charge in [0.05, 0.1) is 6.42 Å². The number of nitrogens with one attached hydrogen (secondary N) is 1. The first-order chi connectivity index (χ1) is 13.1. The van der Waals surface area contributed by atoms with Crippen LogP contribution in [-0.4, -0.2) is 29.8 Å². The van der Waals surface area contributed by atoms with Gasteiger partial charge in [-0.25, -0.2) is 4.39 Å². The Labute approximate surface area is 159 Å². The Hall–Kier alpha value is -2.17. The molecule has 1 aliphatic heterocycles. The fraction of sp³-hybridized carbons (Fsp3) is 0.545. The molecule has 0 aromatic heterocycles. The van der Waals surface area contributed by atoms with E-state index in [1.807, 2.05) is 4.90 Å². The molecule has 4 rings (SSSR count). The summed E-state index contributed by atoms with van der Waals surface area (Å²) < 4.78 is 13.8. The molecular weight excluding hydrogens is 343 g/mol. The second-order valence-electron chi connectivity index (χ2n) is 8.25. The molecule has 1 N–H and O–H groups in total. The summed E-state index contributed by atoms with van der Waals surface area (Å²) in [6.07, 6.45) is 9.09. The summed E-state index contributed by atoms with van der Waals surface area (Å²) in [6, 6.07) is 6.40. The van der Waals surface area contributed by atoms with Crippen molar-refractivity contribution >= 4 is 11.8 Å². The number of hydrogen-bond acceptors (Lipinski definition) is 2. The predicted octanol–water partition coefficient (Wildman–Crippen LogP) is 3.57. The van der Waals surface area contributed by atoms with Crippen LogP contribution in [0.15, 0.2) is 36.0 Å². The Balaban J connectivity index is 1.45. The number of carbonyl (C=O) groups excluding carboxylic acids is 2. The predicted molar refractivity (Wildman–Crippen MR) is 101 cm³/mol. The van der Waals surface area contributed by atoms with Crippen LogP contribution in [-0.2, 0) is 16.0 Å². The van der Waals surface area contributed by atoms with Crippen LogP contribution in [0.2, 0.25) is 0 Å². The topological polar surface area (TPSA) is 49.4 Å². The first-order valence-electron chi connectivity index (χ1n) is 10.1. The lowest BCUT2D eigenvalue weighted by Crippen LogP contribution is -2.51. The highest BCUT2D eigenvalue weighted by Crippen LogP contribution is 2.47. The van der Waals surface area contributed by atoms with Crippen LogP contribution in [0.1, 0.15) is 50.5 Å². The second-order valence-corrected chi connectivity index (χ2v) is 8.25. The number of benzene rings is 1. The van der Waals surface area contributed by atoms with E-state index in [1.54, 1.807) is 18.2 Å². The monoisotopic (exact) mass is 370 g/mol. The van der Waals surface area contributed by atoms with Crippen molar-refractivity contribution in [1.29, 1.82) is 0 Å². The Morgan fingerprint density at radius 2 is 2.07 bits per heavy atom. The van der Waals surface area contributed by atoms with Gasteiger partial charge in [0.15, 0.2) is 0 Å². The van der Waals surface area contributed by atoms with Crippen LogP contribution >= 0.6 is 0 Å². The SMILES string of the molecule is O=C(Cc1ccccc1F)NCC12CCCC=C1N(CC1CC1)C(=O)CC2. The molecule has 5 heteroatoms. The number of rotatable bonds is 6. The third-order valence-corrected chi connectivity index (χ3v) is 6.22. The molecule has 1 aromatic carbocycles. The van der Waals surface area contributed by atoms with E-state index in [9.17, 15) is 14.0 Å². The van der Waals surface area contributed by atoms with Gasteiger partial charge in [-0.2, -0.15) is 0 Å². The number of nitrogens with zero attached hydrogens (tertiary/aromatic N) is 1. The minimum atomic E-state index is -0.345. The molecule has 0 spiro atoms. The van der Waals surface area contributed by atoms with Gasteiger partial charge in [-0.05, 0) is 56.1 Å². The molecule has 1 saturated carbocycles. The van der Waals surface area contributed by atoms with Gasteiger partial charge in [0.1, 0.15) is 5.82 Å². The number of carbonyl (C=O) groups is 2. The molecule has 144 valence electrons. The molecule has 1 heterocycles. The summed E-state index contributed by atoms with van der Waals surface area (Å²) in [5.41, 5.74) is 1.40. The molecule has 1 atom stereocenters. The molecule has 1 unspecified atom stereocenters. The van der Waals surface area contributed by atoms with Gasteiger partial charge in [-0.1, -0.05) is 24.3 Å². The minimum absolute atomic E-state index is 0.0481. The lowest BCUT2D eigenvalue weighted by atomic mass is 9.69. The van der Waals surface area contributed by atoms with Crippen LogP contribution < -0.4 is 5.32 Å². The highest BCUT2D eigenvalue weighted by atomic mass is 19.1. The number of likely N-dealkylation sites (tertiary alicyclic amines) is 1. The average molecular weight is 370 g/mol. The summed E-state index contributed by atoms with van der Waals surface area (Å²) >= 11 is 0. The highest BCUT2D eigenvalue weighted by Gasteiger charge is 2.45. The molecule has 3 aliphatic rings. The lowest BCUT2D eigenvalue weighted by Gasteiger charge is -2.47. The smallest absolute Gasteiger partial charge is 0.226 e. The van der Waals surface area contributed by atoms with Crippen molar-refractivity contribution in [2.45, 2.75) is 51.4 Å². The third kappa shape index (κ3) is 3.92. The van der Waals surface area contributed by atoms with E-state index >= 15 is 0 Å². The minimum Gasteiger partial charge on any atom is -0.355 e. The fourth-order valence-corrected chi connectivity index (χ4v) is 4.46. The zero-order chi connectivity index (χ0) is 18.9. The largest absolute Gasteiger partial charge is 0.355 e. The van der Waals surface area contributed by atoms with E-state index in [2.05, 4.69) is 11.4 Å². The summed E-state index contributed by atoms with van der Waals surface area (Å²) in [4.78, 5) is 27.0. The molecule has 1 aromatic rings. The van der Waals surface area contributed by atoms with Gasteiger partial charge in [0.2, 0.25) is 11.8 Å². The second kappa shape index (κ2) is 7.45. The molecule has 2 aliphatic carbocycles. The first kappa shape index (κ1) is 18.2. The molecular formula is C22H27FN2O2. The fourth-order valence-electron chi connectivity index (χ4n) is 4.46. The van der Waals surface area contributed by atoms with Crippen molar-refractivity contribution in [3.05, 3.63) is 47.4 Å². The summed E-state index contributed by atoms with van der Waals surface area (Å²) in [6.45, 7) is 1.36. The molecule has 0 radical (unpaired) electrons. The number of fused-ring (bicyclic) bond motifs is 1. The van der Waals surface area contributed by atoms with Crippen LogP contribution in [0.25, 0.3) is 0 Å². The summed E-state index contributed by atoms with van der Waals surface area (Å²) in [7, 11) is 0. The van der Waals surface area contributed by atoms with E-state index in [0.717, 1.165) is 37.9 Å². The van der Waals surface area contributed by atoms with Crippen LogP contribution in [0.5, 0.6) is 0 Å². The number of allylic oxidation sites excluding steroid dienone is 1. The Morgan fingerprint density at radius 3 is 2.85 bits per heavy atom. The van der Waals surface area contributed by atoms with Crippen LogP contribution in [0.3, 0.4) is 0 Å². The zero-order valence-electron chi connectivity index (χ0n) is 15.7.